The summed E-state index contributed by atoms with van der Waals surface area (Å²) in [6, 6.07) is 10.6. The highest BCUT2D eigenvalue weighted by Crippen LogP contribution is 2.37. The maximum absolute atomic E-state index is 11.8. The third-order valence-corrected chi connectivity index (χ3v) is 4.15. The van der Waals surface area contributed by atoms with Crippen molar-refractivity contribution in [2.45, 2.75) is 37.8 Å². The maximum atomic E-state index is 11.8. The van der Waals surface area contributed by atoms with Crippen molar-refractivity contribution in [2.75, 3.05) is 0 Å². The van der Waals surface area contributed by atoms with Gasteiger partial charge in [-0.3, -0.25) is 4.79 Å². The van der Waals surface area contributed by atoms with Gasteiger partial charge in [-0.05, 0) is 30.4 Å². The lowest BCUT2D eigenvalue weighted by atomic mass is 9.77. The second-order valence-electron chi connectivity index (χ2n) is 5.73. The van der Waals surface area contributed by atoms with E-state index in [1.165, 1.54) is 24.0 Å². The third kappa shape index (κ3) is 2.16. The average Bonchev–Trinajstić information content (AvgIpc) is 3.21. The quantitative estimate of drug-likeness (QED) is 0.886. The molecule has 4 rings (SSSR count). The second kappa shape index (κ2) is 4.56. The second-order valence-corrected chi connectivity index (χ2v) is 5.73. The van der Waals surface area contributed by atoms with Gasteiger partial charge >= 0.3 is 0 Å². The van der Waals surface area contributed by atoms with Gasteiger partial charge in [0, 0.05) is 24.6 Å². The SMILES string of the molecule is O=c1cc(CNC2CC2)nc(C2Cc3ccccc32)[nH]1. The highest BCUT2D eigenvalue weighted by molar-refractivity contribution is 5.43. The van der Waals surface area contributed by atoms with Gasteiger partial charge < -0.3 is 10.3 Å². The first-order valence-corrected chi connectivity index (χ1v) is 7.21. The number of aromatic amines is 1. The van der Waals surface area contributed by atoms with E-state index in [1.807, 2.05) is 6.07 Å². The summed E-state index contributed by atoms with van der Waals surface area (Å²) in [4.78, 5) is 19.3. The third-order valence-electron chi connectivity index (χ3n) is 4.15. The molecular formula is C16H17N3O. The van der Waals surface area contributed by atoms with Gasteiger partial charge in [-0.25, -0.2) is 4.98 Å². The summed E-state index contributed by atoms with van der Waals surface area (Å²) >= 11 is 0. The number of rotatable bonds is 4. The minimum absolute atomic E-state index is 0.0491. The Balaban J connectivity index is 1.60. The summed E-state index contributed by atoms with van der Waals surface area (Å²) in [6.07, 6.45) is 3.46. The molecule has 2 aliphatic rings. The molecule has 1 atom stereocenters. The molecule has 0 saturated heterocycles. The van der Waals surface area contributed by atoms with Gasteiger partial charge in [0.15, 0.2) is 0 Å². The van der Waals surface area contributed by atoms with Crippen LogP contribution in [0.25, 0.3) is 0 Å². The number of aromatic nitrogens is 2. The molecular weight excluding hydrogens is 250 g/mol. The summed E-state index contributed by atoms with van der Waals surface area (Å²) in [6.45, 7) is 0.690. The molecule has 2 aliphatic carbocycles. The molecule has 1 unspecified atom stereocenters. The molecule has 1 saturated carbocycles. The topological polar surface area (TPSA) is 57.8 Å². The predicted molar refractivity (Wildman–Crippen MR) is 76.7 cm³/mol. The molecule has 4 nitrogen and oxygen atoms in total. The van der Waals surface area contributed by atoms with Crippen LogP contribution in [-0.2, 0) is 13.0 Å². The zero-order chi connectivity index (χ0) is 13.5. The van der Waals surface area contributed by atoms with E-state index in [0.29, 0.717) is 12.6 Å². The van der Waals surface area contributed by atoms with Gasteiger partial charge in [0.25, 0.3) is 5.56 Å². The largest absolute Gasteiger partial charge is 0.310 e. The molecule has 0 amide bonds. The van der Waals surface area contributed by atoms with Crippen molar-refractivity contribution in [3.8, 4) is 0 Å². The summed E-state index contributed by atoms with van der Waals surface area (Å²) in [5.41, 5.74) is 3.46. The van der Waals surface area contributed by atoms with Gasteiger partial charge in [0.1, 0.15) is 5.82 Å². The van der Waals surface area contributed by atoms with Crippen LogP contribution in [0.1, 0.15) is 41.4 Å². The Hall–Kier alpha value is -1.94. The van der Waals surface area contributed by atoms with E-state index in [1.54, 1.807) is 6.07 Å². The minimum atomic E-state index is -0.0491. The molecule has 1 fully saturated rings. The lowest BCUT2D eigenvalue weighted by Gasteiger charge is -2.29. The van der Waals surface area contributed by atoms with Crippen LogP contribution in [0.15, 0.2) is 35.1 Å². The lowest BCUT2D eigenvalue weighted by Crippen LogP contribution is -2.26. The number of benzene rings is 1. The Morgan fingerprint density at radius 2 is 2.15 bits per heavy atom. The number of hydrogen-bond donors (Lipinski definition) is 2. The van der Waals surface area contributed by atoms with Gasteiger partial charge in [0.05, 0.1) is 5.69 Å². The van der Waals surface area contributed by atoms with E-state index in [2.05, 4.69) is 33.5 Å². The summed E-state index contributed by atoms with van der Waals surface area (Å²) in [5.74, 6) is 1.06. The van der Waals surface area contributed by atoms with E-state index in [9.17, 15) is 4.79 Å². The van der Waals surface area contributed by atoms with Crippen LogP contribution in [0, 0.1) is 0 Å². The number of fused-ring (bicyclic) bond motifs is 1. The number of nitrogens with one attached hydrogen (secondary N) is 2. The van der Waals surface area contributed by atoms with Crippen LogP contribution in [0.5, 0.6) is 0 Å². The monoisotopic (exact) mass is 267 g/mol. The first kappa shape index (κ1) is 11.9. The van der Waals surface area contributed by atoms with Gasteiger partial charge in [-0.15, -0.1) is 0 Å². The van der Waals surface area contributed by atoms with Gasteiger partial charge in [-0.1, -0.05) is 24.3 Å². The van der Waals surface area contributed by atoms with Crippen LogP contribution < -0.4 is 10.9 Å². The molecule has 4 heteroatoms. The molecule has 0 aliphatic heterocycles. The van der Waals surface area contributed by atoms with Crippen molar-refractivity contribution in [1.82, 2.24) is 15.3 Å². The average molecular weight is 267 g/mol. The van der Waals surface area contributed by atoms with E-state index < -0.39 is 0 Å². The predicted octanol–water partition coefficient (Wildman–Crippen LogP) is 1.71. The molecule has 2 aromatic rings. The Labute approximate surface area is 117 Å². The van der Waals surface area contributed by atoms with Crippen molar-refractivity contribution < 1.29 is 0 Å². The Morgan fingerprint density at radius 3 is 2.95 bits per heavy atom. The number of hydrogen-bond acceptors (Lipinski definition) is 3. The van der Waals surface area contributed by atoms with Gasteiger partial charge in [0.2, 0.25) is 0 Å². The fraction of sp³-hybridized carbons (Fsp3) is 0.375. The lowest BCUT2D eigenvalue weighted by molar-refractivity contribution is 0.628. The summed E-state index contributed by atoms with van der Waals surface area (Å²) in [7, 11) is 0. The molecule has 1 aromatic heterocycles. The maximum Gasteiger partial charge on any atom is 0.251 e. The van der Waals surface area contributed by atoms with Crippen LogP contribution in [0.3, 0.4) is 0 Å². The molecule has 1 aromatic carbocycles. The zero-order valence-electron chi connectivity index (χ0n) is 11.2. The molecule has 0 bridgehead atoms. The highest BCUT2D eigenvalue weighted by Gasteiger charge is 2.29. The molecule has 20 heavy (non-hydrogen) atoms. The van der Waals surface area contributed by atoms with Crippen LogP contribution in [-0.4, -0.2) is 16.0 Å². The van der Waals surface area contributed by atoms with Crippen molar-refractivity contribution in [3.05, 3.63) is 63.3 Å². The Morgan fingerprint density at radius 1 is 1.30 bits per heavy atom. The fourth-order valence-electron chi connectivity index (χ4n) is 2.82. The van der Waals surface area contributed by atoms with Crippen LogP contribution in [0.2, 0.25) is 0 Å². The minimum Gasteiger partial charge on any atom is -0.310 e. The van der Waals surface area contributed by atoms with E-state index in [0.717, 1.165) is 17.9 Å². The smallest absolute Gasteiger partial charge is 0.251 e. The summed E-state index contributed by atoms with van der Waals surface area (Å²) < 4.78 is 0. The van der Waals surface area contributed by atoms with E-state index in [-0.39, 0.29) is 11.5 Å². The first-order valence-electron chi connectivity index (χ1n) is 7.21. The van der Waals surface area contributed by atoms with Gasteiger partial charge in [-0.2, -0.15) is 0 Å². The van der Waals surface area contributed by atoms with Crippen molar-refractivity contribution in [2.24, 2.45) is 0 Å². The standard InChI is InChI=1S/C16H17N3O/c20-15-8-12(9-17-11-5-6-11)18-16(19-15)14-7-10-3-1-2-4-13(10)14/h1-4,8,11,14,17H,5-7,9H2,(H,18,19,20). The normalized spacial score (nSPS) is 20.3. The van der Waals surface area contributed by atoms with Crippen molar-refractivity contribution in [3.63, 3.8) is 0 Å². The molecule has 0 radical (unpaired) electrons. The Bertz CT molecular complexity index is 703. The van der Waals surface area contributed by atoms with E-state index in [4.69, 9.17) is 0 Å². The Kier molecular flexibility index (Phi) is 2.70. The van der Waals surface area contributed by atoms with Crippen molar-refractivity contribution >= 4 is 0 Å². The fourth-order valence-corrected chi connectivity index (χ4v) is 2.82. The molecule has 0 spiro atoms. The number of H-pyrrole nitrogens is 1. The van der Waals surface area contributed by atoms with Crippen LogP contribution in [0.4, 0.5) is 0 Å². The number of nitrogens with zero attached hydrogens (tertiary/aromatic N) is 1. The summed E-state index contributed by atoms with van der Waals surface area (Å²) in [5, 5.41) is 3.41. The highest BCUT2D eigenvalue weighted by atomic mass is 16.1. The first-order chi connectivity index (χ1) is 9.79. The zero-order valence-corrected chi connectivity index (χ0v) is 11.2. The molecule has 102 valence electrons. The van der Waals surface area contributed by atoms with E-state index >= 15 is 0 Å². The molecule has 2 N–H and O–H groups in total. The van der Waals surface area contributed by atoms with Crippen LogP contribution >= 0.6 is 0 Å². The molecule has 1 heterocycles. The van der Waals surface area contributed by atoms with Crippen molar-refractivity contribution in [1.29, 1.82) is 0 Å².